The minimum Gasteiger partial charge on any atom is -0.457 e. The molecule has 2 saturated heterocycles. The summed E-state index contributed by atoms with van der Waals surface area (Å²) >= 11 is 0. The summed E-state index contributed by atoms with van der Waals surface area (Å²) in [5, 5.41) is 71.7. The van der Waals surface area contributed by atoms with E-state index in [1.54, 1.807) is 0 Å². The molecular weight excluding hydrogens is 752 g/mol. The van der Waals surface area contributed by atoms with Gasteiger partial charge >= 0.3 is 5.97 Å². The zero-order valence-electron chi connectivity index (χ0n) is 35.5. The highest BCUT2D eigenvalue weighted by Gasteiger charge is 2.47. The summed E-state index contributed by atoms with van der Waals surface area (Å²) in [4.78, 5) is 12.9. The van der Waals surface area contributed by atoms with Gasteiger partial charge in [-0.15, -0.1) is 0 Å². The molecule has 2 rings (SSSR count). The standard InChI is InChI=1S/C44H80O14/c1-3-5-7-9-11-12-13-14-15-16-17-18-19-20-21-22-23-25-27-36(46)56-33(30-53-28-26-24-10-8-6-4-2)31-54-43-42(52)40(50)38(48)35(58-43)32-55-44-41(51)39(49)37(47)34(29-45)57-44/h12-13,15-16,33-35,37-45,47-52H,3-11,14,17-32H2,1-2H3/b13-12-,16-15-. The highest BCUT2D eigenvalue weighted by atomic mass is 16.7. The van der Waals surface area contributed by atoms with Crippen molar-refractivity contribution in [2.45, 2.75) is 216 Å². The molecule has 2 aliphatic heterocycles. The van der Waals surface area contributed by atoms with Crippen molar-refractivity contribution in [1.82, 2.24) is 0 Å². The number of hydrogen-bond acceptors (Lipinski definition) is 14. The van der Waals surface area contributed by atoms with Crippen LogP contribution in [0.1, 0.15) is 149 Å². The van der Waals surface area contributed by atoms with Crippen molar-refractivity contribution in [1.29, 1.82) is 0 Å². The van der Waals surface area contributed by atoms with Gasteiger partial charge in [-0.2, -0.15) is 0 Å². The molecule has 14 heteroatoms. The molecule has 0 spiro atoms. The van der Waals surface area contributed by atoms with Crippen molar-refractivity contribution < 1.29 is 69.0 Å². The summed E-state index contributed by atoms with van der Waals surface area (Å²) in [6.07, 6.45) is 15.6. The first-order valence-corrected chi connectivity index (χ1v) is 22.4. The predicted molar refractivity (Wildman–Crippen MR) is 220 cm³/mol. The van der Waals surface area contributed by atoms with Gasteiger partial charge in [-0.25, -0.2) is 0 Å². The highest BCUT2D eigenvalue weighted by Crippen LogP contribution is 2.26. The maximum absolute atomic E-state index is 12.9. The number of ether oxygens (including phenoxy) is 6. The number of unbranched alkanes of at least 4 members (excludes halogenated alkanes) is 16. The molecule has 14 nitrogen and oxygen atoms in total. The molecule has 0 saturated carbocycles. The van der Waals surface area contributed by atoms with Crippen molar-refractivity contribution in [3.05, 3.63) is 24.3 Å². The first-order valence-electron chi connectivity index (χ1n) is 22.4. The van der Waals surface area contributed by atoms with Gasteiger partial charge in [-0.1, -0.05) is 122 Å². The Bertz CT molecular complexity index is 1060. The van der Waals surface area contributed by atoms with Gasteiger partial charge in [-0.3, -0.25) is 4.79 Å². The molecule has 7 N–H and O–H groups in total. The summed E-state index contributed by atoms with van der Waals surface area (Å²) in [7, 11) is 0. The number of carbonyl (C=O) groups is 1. The number of hydrogen-bond donors (Lipinski definition) is 7. The molecule has 0 amide bonds. The van der Waals surface area contributed by atoms with E-state index in [0.717, 1.165) is 51.4 Å². The maximum Gasteiger partial charge on any atom is 0.306 e. The van der Waals surface area contributed by atoms with Crippen LogP contribution in [0.25, 0.3) is 0 Å². The monoisotopic (exact) mass is 833 g/mol. The number of aliphatic hydroxyl groups is 7. The number of allylic oxidation sites excluding steroid dienone is 4. The third kappa shape index (κ3) is 21.8. The molecule has 2 heterocycles. The second-order valence-electron chi connectivity index (χ2n) is 15.9. The van der Waals surface area contributed by atoms with Crippen molar-refractivity contribution >= 4 is 5.97 Å². The molecule has 340 valence electrons. The molecule has 2 aliphatic rings. The van der Waals surface area contributed by atoms with E-state index in [1.165, 1.54) is 70.6 Å². The Kier molecular flexibility index (Phi) is 30.1. The lowest BCUT2D eigenvalue weighted by molar-refractivity contribution is -0.332. The fourth-order valence-electron chi connectivity index (χ4n) is 6.96. The first kappa shape index (κ1) is 52.6. The summed E-state index contributed by atoms with van der Waals surface area (Å²) in [6, 6.07) is 0. The van der Waals surface area contributed by atoms with Gasteiger partial charge in [0.25, 0.3) is 0 Å². The lowest BCUT2D eigenvalue weighted by Gasteiger charge is -2.42. The van der Waals surface area contributed by atoms with Crippen LogP contribution in [0.3, 0.4) is 0 Å². The van der Waals surface area contributed by atoms with E-state index in [0.29, 0.717) is 13.0 Å². The zero-order chi connectivity index (χ0) is 42.4. The van der Waals surface area contributed by atoms with Gasteiger partial charge in [-0.05, 0) is 44.9 Å². The van der Waals surface area contributed by atoms with E-state index in [2.05, 4.69) is 38.2 Å². The molecule has 58 heavy (non-hydrogen) atoms. The van der Waals surface area contributed by atoms with E-state index in [-0.39, 0.29) is 25.6 Å². The first-order chi connectivity index (χ1) is 28.1. The lowest BCUT2D eigenvalue weighted by atomic mass is 9.98. The van der Waals surface area contributed by atoms with E-state index in [4.69, 9.17) is 28.4 Å². The van der Waals surface area contributed by atoms with Crippen LogP contribution in [-0.2, 0) is 33.2 Å². The summed E-state index contributed by atoms with van der Waals surface area (Å²) in [5.41, 5.74) is 0. The normalized spacial score (nSPS) is 28.4. The minimum absolute atomic E-state index is 0.0589. The second-order valence-corrected chi connectivity index (χ2v) is 15.9. The molecule has 11 unspecified atom stereocenters. The van der Waals surface area contributed by atoms with Gasteiger partial charge in [0.1, 0.15) is 54.9 Å². The number of rotatable bonds is 34. The third-order valence-corrected chi connectivity index (χ3v) is 10.7. The molecule has 0 aromatic heterocycles. The van der Waals surface area contributed by atoms with Crippen LogP contribution >= 0.6 is 0 Å². The number of carbonyl (C=O) groups excluding carboxylic acids is 1. The molecule has 0 radical (unpaired) electrons. The molecule has 0 bridgehead atoms. The van der Waals surface area contributed by atoms with Gasteiger partial charge in [0, 0.05) is 13.0 Å². The Morgan fingerprint density at radius 3 is 1.67 bits per heavy atom. The van der Waals surface area contributed by atoms with Crippen LogP contribution in [-0.4, -0.2) is 142 Å². The number of aliphatic hydroxyl groups excluding tert-OH is 7. The Balaban J connectivity index is 1.76. The Labute approximate surface area is 347 Å². The van der Waals surface area contributed by atoms with E-state index in [9.17, 15) is 40.5 Å². The van der Waals surface area contributed by atoms with E-state index >= 15 is 0 Å². The largest absolute Gasteiger partial charge is 0.457 e. The highest BCUT2D eigenvalue weighted by molar-refractivity contribution is 5.69. The van der Waals surface area contributed by atoms with Crippen molar-refractivity contribution in [2.75, 3.05) is 33.0 Å². The van der Waals surface area contributed by atoms with Gasteiger partial charge in [0.2, 0.25) is 0 Å². The maximum atomic E-state index is 12.9. The van der Waals surface area contributed by atoms with E-state index < -0.39 is 80.7 Å². The van der Waals surface area contributed by atoms with Gasteiger partial charge in [0.15, 0.2) is 12.6 Å². The van der Waals surface area contributed by atoms with Crippen LogP contribution in [0.2, 0.25) is 0 Å². The fourth-order valence-corrected chi connectivity index (χ4v) is 6.96. The smallest absolute Gasteiger partial charge is 0.306 e. The second kappa shape index (κ2) is 33.1. The Morgan fingerprint density at radius 2 is 1.07 bits per heavy atom. The Morgan fingerprint density at radius 1 is 0.569 bits per heavy atom. The predicted octanol–water partition coefficient (Wildman–Crippen LogP) is 4.90. The summed E-state index contributed by atoms with van der Waals surface area (Å²) in [5.74, 6) is -0.388. The minimum atomic E-state index is -1.70. The van der Waals surface area contributed by atoms with Gasteiger partial charge < -0.3 is 64.2 Å². The Hall–Kier alpha value is -1.53. The molecule has 2 fully saturated rings. The van der Waals surface area contributed by atoms with Crippen molar-refractivity contribution in [3.63, 3.8) is 0 Å². The molecule has 0 aliphatic carbocycles. The third-order valence-electron chi connectivity index (χ3n) is 10.7. The summed E-state index contributed by atoms with van der Waals surface area (Å²) < 4.78 is 34.0. The van der Waals surface area contributed by atoms with Gasteiger partial charge in [0.05, 0.1) is 26.4 Å². The van der Waals surface area contributed by atoms with Crippen molar-refractivity contribution in [3.8, 4) is 0 Å². The lowest BCUT2D eigenvalue weighted by Crippen LogP contribution is -2.61. The van der Waals surface area contributed by atoms with Crippen LogP contribution in [0.5, 0.6) is 0 Å². The number of esters is 1. The summed E-state index contributed by atoms with van der Waals surface area (Å²) in [6.45, 7) is 3.59. The van der Waals surface area contributed by atoms with Crippen LogP contribution < -0.4 is 0 Å². The molecular formula is C44H80O14. The van der Waals surface area contributed by atoms with Crippen LogP contribution in [0, 0.1) is 0 Å². The molecule has 0 aromatic rings. The molecule has 0 aromatic carbocycles. The fraction of sp³-hybridized carbons (Fsp3) is 0.886. The zero-order valence-corrected chi connectivity index (χ0v) is 35.5. The molecule has 11 atom stereocenters. The van der Waals surface area contributed by atoms with E-state index in [1.807, 2.05) is 0 Å². The quantitative estimate of drug-likeness (QED) is 0.0261. The van der Waals surface area contributed by atoms with Crippen molar-refractivity contribution in [2.24, 2.45) is 0 Å². The average molecular weight is 833 g/mol. The average Bonchev–Trinajstić information content (AvgIpc) is 3.22. The topological polar surface area (TPSA) is 214 Å². The van der Waals surface area contributed by atoms with Crippen LogP contribution in [0.4, 0.5) is 0 Å². The SMILES string of the molecule is CCCCCC/C=C\C/C=C\CCCCCCCCCC(=O)OC(COCCCCCCCC)COC1OC(COC2OC(CO)C(O)C(O)C2O)C(O)C(O)C1O. The van der Waals surface area contributed by atoms with Crippen LogP contribution in [0.15, 0.2) is 24.3 Å².